The zero-order chi connectivity index (χ0) is 15.9. The van der Waals surface area contributed by atoms with Crippen LogP contribution in [0.3, 0.4) is 0 Å². The first kappa shape index (κ1) is 14.9. The predicted molar refractivity (Wildman–Crippen MR) is 72.4 cm³/mol. The lowest BCUT2D eigenvalue weighted by molar-refractivity contribution is -0.136. The van der Waals surface area contributed by atoms with Gasteiger partial charge in [-0.15, -0.1) is 0 Å². The Morgan fingerprint density at radius 1 is 1.27 bits per heavy atom. The Hall–Kier alpha value is -2.05. The zero-order valence-corrected chi connectivity index (χ0v) is 11.8. The minimum Gasteiger partial charge on any atom is -0.337 e. The molecule has 7 heteroatoms. The van der Waals surface area contributed by atoms with Crippen molar-refractivity contribution >= 4 is 11.7 Å². The van der Waals surface area contributed by atoms with Crippen molar-refractivity contribution in [1.82, 2.24) is 9.47 Å². The van der Waals surface area contributed by atoms with Crippen LogP contribution in [0, 0.1) is 0 Å². The van der Waals surface area contributed by atoms with Crippen LogP contribution in [0.5, 0.6) is 0 Å². The Labute approximate surface area is 125 Å². The number of carbonyl (C=O) groups is 2. The van der Waals surface area contributed by atoms with Crippen LogP contribution in [-0.2, 0) is 4.79 Å². The van der Waals surface area contributed by atoms with E-state index in [1.165, 1.54) is 4.90 Å². The summed E-state index contributed by atoms with van der Waals surface area (Å²) < 4.78 is 39.5. The number of amides is 1. The quantitative estimate of drug-likeness (QED) is 0.748. The monoisotopic (exact) mass is 312 g/mol. The summed E-state index contributed by atoms with van der Waals surface area (Å²) in [6.45, 7) is 0.0277. The molecule has 1 aromatic rings. The van der Waals surface area contributed by atoms with Crippen molar-refractivity contribution < 1.29 is 22.8 Å². The highest BCUT2D eigenvalue weighted by molar-refractivity contribution is 5.97. The van der Waals surface area contributed by atoms with Crippen LogP contribution in [0.25, 0.3) is 0 Å². The molecule has 3 heterocycles. The normalized spacial score (nSPS) is 22.3. The molecule has 0 bridgehead atoms. The van der Waals surface area contributed by atoms with Gasteiger partial charge in [0.25, 0.3) is 0 Å². The molecule has 1 amide bonds. The Balaban J connectivity index is 1.76. The summed E-state index contributed by atoms with van der Waals surface area (Å²) in [6.07, 6.45) is -1.06. The van der Waals surface area contributed by atoms with Crippen molar-refractivity contribution in [2.24, 2.45) is 0 Å². The topological polar surface area (TPSA) is 42.3 Å². The lowest BCUT2D eigenvalue weighted by Crippen LogP contribution is -2.42. The summed E-state index contributed by atoms with van der Waals surface area (Å²) in [5.74, 6) is -0.227. The smallest absolute Gasteiger partial charge is 0.337 e. The molecule has 0 aliphatic carbocycles. The SMILES string of the molecule is O=C1CCC(C(=O)N2CC=C(C(F)(F)F)CC2)n2cccc21. The molecule has 0 radical (unpaired) electrons. The largest absolute Gasteiger partial charge is 0.412 e. The van der Waals surface area contributed by atoms with Gasteiger partial charge in [-0.25, -0.2) is 0 Å². The number of rotatable bonds is 1. The predicted octanol–water partition coefficient (Wildman–Crippen LogP) is 2.73. The molecule has 1 unspecified atom stereocenters. The van der Waals surface area contributed by atoms with E-state index in [1.54, 1.807) is 22.9 Å². The fraction of sp³-hybridized carbons (Fsp3) is 0.467. The third kappa shape index (κ3) is 2.55. The summed E-state index contributed by atoms with van der Waals surface area (Å²) in [5.41, 5.74) is -0.0786. The van der Waals surface area contributed by atoms with E-state index in [0.29, 0.717) is 12.1 Å². The van der Waals surface area contributed by atoms with E-state index in [4.69, 9.17) is 0 Å². The first-order valence-corrected chi connectivity index (χ1v) is 7.13. The van der Waals surface area contributed by atoms with Gasteiger partial charge in [0.2, 0.25) is 5.91 Å². The molecule has 2 aliphatic rings. The molecular weight excluding hydrogens is 297 g/mol. The van der Waals surface area contributed by atoms with Crippen molar-refractivity contribution in [3.05, 3.63) is 35.7 Å². The number of aromatic nitrogens is 1. The van der Waals surface area contributed by atoms with Gasteiger partial charge in [-0.3, -0.25) is 9.59 Å². The number of hydrogen-bond acceptors (Lipinski definition) is 2. The molecule has 1 aromatic heterocycles. The number of hydrogen-bond donors (Lipinski definition) is 0. The van der Waals surface area contributed by atoms with Gasteiger partial charge in [0.15, 0.2) is 5.78 Å². The second kappa shape index (κ2) is 5.30. The number of carbonyl (C=O) groups excluding carboxylic acids is 2. The van der Waals surface area contributed by atoms with Gasteiger partial charge in [0, 0.05) is 31.3 Å². The highest BCUT2D eigenvalue weighted by Gasteiger charge is 2.37. The third-order valence-corrected chi connectivity index (χ3v) is 4.22. The summed E-state index contributed by atoms with van der Waals surface area (Å²) in [5, 5.41) is 0. The van der Waals surface area contributed by atoms with Crippen molar-refractivity contribution in [2.45, 2.75) is 31.5 Å². The van der Waals surface area contributed by atoms with Crippen LogP contribution in [-0.4, -0.2) is 40.4 Å². The number of ketones is 1. The standard InChI is InChI=1S/C15H15F3N2O2/c16-15(17,18)10-5-8-19(9-6-10)14(22)12-3-4-13(21)11-2-1-7-20(11)12/h1-2,5,7,12H,3-4,6,8-9H2. The number of nitrogens with zero attached hydrogens (tertiary/aromatic N) is 2. The van der Waals surface area contributed by atoms with Gasteiger partial charge in [0.1, 0.15) is 6.04 Å². The van der Waals surface area contributed by atoms with E-state index in [-0.39, 0.29) is 37.6 Å². The summed E-state index contributed by atoms with van der Waals surface area (Å²) in [7, 11) is 0. The molecule has 3 rings (SSSR count). The molecule has 118 valence electrons. The molecule has 0 N–H and O–H groups in total. The summed E-state index contributed by atoms with van der Waals surface area (Å²) >= 11 is 0. The van der Waals surface area contributed by atoms with Gasteiger partial charge in [0.05, 0.1) is 5.69 Å². The first-order valence-electron chi connectivity index (χ1n) is 7.13. The molecule has 4 nitrogen and oxygen atoms in total. The van der Waals surface area contributed by atoms with Crippen molar-refractivity contribution in [1.29, 1.82) is 0 Å². The van der Waals surface area contributed by atoms with Gasteiger partial charge in [-0.2, -0.15) is 13.2 Å². The van der Waals surface area contributed by atoms with Crippen LogP contribution >= 0.6 is 0 Å². The minimum atomic E-state index is -4.32. The Kier molecular flexibility index (Phi) is 3.58. The summed E-state index contributed by atoms with van der Waals surface area (Å²) in [6, 6.07) is 2.87. The Bertz CT molecular complexity index is 645. The van der Waals surface area contributed by atoms with Crippen molar-refractivity contribution in [3.8, 4) is 0 Å². The second-order valence-electron chi connectivity index (χ2n) is 5.54. The second-order valence-corrected chi connectivity index (χ2v) is 5.54. The highest BCUT2D eigenvalue weighted by Crippen LogP contribution is 2.32. The van der Waals surface area contributed by atoms with Gasteiger partial charge in [-0.05, 0) is 25.0 Å². The third-order valence-electron chi connectivity index (χ3n) is 4.22. The molecule has 2 aliphatic heterocycles. The molecule has 0 saturated heterocycles. The van der Waals surface area contributed by atoms with Crippen molar-refractivity contribution in [3.63, 3.8) is 0 Å². The van der Waals surface area contributed by atoms with E-state index in [1.807, 2.05) is 0 Å². The maximum absolute atomic E-state index is 12.6. The van der Waals surface area contributed by atoms with Crippen LogP contribution in [0.15, 0.2) is 30.0 Å². The zero-order valence-electron chi connectivity index (χ0n) is 11.8. The van der Waals surface area contributed by atoms with E-state index in [9.17, 15) is 22.8 Å². The van der Waals surface area contributed by atoms with E-state index >= 15 is 0 Å². The van der Waals surface area contributed by atoms with Crippen LogP contribution < -0.4 is 0 Å². The number of fused-ring (bicyclic) bond motifs is 1. The average molecular weight is 312 g/mol. The molecule has 22 heavy (non-hydrogen) atoms. The average Bonchev–Trinajstić information content (AvgIpc) is 2.97. The molecule has 0 saturated carbocycles. The van der Waals surface area contributed by atoms with E-state index < -0.39 is 17.8 Å². The summed E-state index contributed by atoms with van der Waals surface area (Å²) in [4.78, 5) is 25.8. The number of alkyl halides is 3. The van der Waals surface area contributed by atoms with Crippen molar-refractivity contribution in [2.75, 3.05) is 13.1 Å². The van der Waals surface area contributed by atoms with Crippen LogP contribution in [0.4, 0.5) is 13.2 Å². The van der Waals surface area contributed by atoms with Gasteiger partial charge in [-0.1, -0.05) is 6.08 Å². The Morgan fingerprint density at radius 3 is 2.68 bits per heavy atom. The lowest BCUT2D eigenvalue weighted by atomic mass is 9.99. The van der Waals surface area contributed by atoms with Crippen LogP contribution in [0.1, 0.15) is 35.8 Å². The highest BCUT2D eigenvalue weighted by atomic mass is 19.4. The minimum absolute atomic E-state index is 0.00746. The fourth-order valence-corrected chi connectivity index (χ4v) is 3.02. The fourth-order valence-electron chi connectivity index (χ4n) is 3.02. The lowest BCUT2D eigenvalue weighted by Gasteiger charge is -2.33. The van der Waals surface area contributed by atoms with Crippen LogP contribution in [0.2, 0.25) is 0 Å². The molecule has 0 aromatic carbocycles. The maximum atomic E-state index is 12.6. The maximum Gasteiger partial charge on any atom is 0.412 e. The molecular formula is C15H15F3N2O2. The van der Waals surface area contributed by atoms with E-state index in [0.717, 1.165) is 6.08 Å². The van der Waals surface area contributed by atoms with E-state index in [2.05, 4.69) is 0 Å². The Morgan fingerprint density at radius 2 is 2.05 bits per heavy atom. The molecule has 0 spiro atoms. The first-order chi connectivity index (χ1) is 10.4. The molecule has 0 fully saturated rings. The number of Topliss-reactive ketones (excluding diaryl/α,β-unsaturated/α-hetero) is 1. The van der Waals surface area contributed by atoms with Gasteiger partial charge >= 0.3 is 6.18 Å². The van der Waals surface area contributed by atoms with Gasteiger partial charge < -0.3 is 9.47 Å². The molecule has 1 atom stereocenters. The number of halogens is 3.